The minimum Gasteiger partial charge on any atom is -0.497 e. The highest BCUT2D eigenvalue weighted by molar-refractivity contribution is 7.84. The van der Waals surface area contributed by atoms with Gasteiger partial charge in [-0.1, -0.05) is 47.5 Å². The summed E-state index contributed by atoms with van der Waals surface area (Å²) in [5.74, 6) is 1.32. The first-order valence-corrected chi connectivity index (χ1v) is 17.6. The SMILES string of the molecule is COc1cc2c(c(C(=O)N(C)CC(CCN3CCC(c4ccccc4S(C)=O)CC3)c3ccc(Cl)c(Cl)c3)c1)CCCC2. The van der Waals surface area contributed by atoms with Gasteiger partial charge in [-0.3, -0.25) is 9.00 Å². The number of piperidine rings is 1. The van der Waals surface area contributed by atoms with Crippen LogP contribution in [0.3, 0.4) is 0 Å². The van der Waals surface area contributed by atoms with Crippen LogP contribution in [-0.2, 0) is 23.6 Å². The molecule has 2 aliphatic rings. The lowest BCUT2D eigenvalue weighted by Gasteiger charge is -2.34. The Hall–Kier alpha value is -2.38. The average Bonchev–Trinajstić information content (AvgIpc) is 3.03. The van der Waals surface area contributed by atoms with Crippen LogP contribution < -0.4 is 4.74 Å². The predicted octanol–water partition coefficient (Wildman–Crippen LogP) is 7.74. The molecule has 0 spiro atoms. The second-order valence-corrected chi connectivity index (χ2v) is 14.1. The van der Waals surface area contributed by atoms with E-state index in [1.807, 2.05) is 48.3 Å². The van der Waals surface area contributed by atoms with E-state index in [9.17, 15) is 9.00 Å². The maximum atomic E-state index is 13.9. The molecule has 3 aromatic carbocycles. The molecule has 3 aromatic rings. The molecule has 1 amide bonds. The molecule has 1 saturated heterocycles. The van der Waals surface area contributed by atoms with Gasteiger partial charge in [-0.2, -0.15) is 0 Å². The second-order valence-electron chi connectivity index (χ2n) is 12.0. The number of ether oxygens (including phenoxy) is 1. The van der Waals surface area contributed by atoms with E-state index in [1.165, 1.54) is 16.7 Å². The van der Waals surface area contributed by atoms with Gasteiger partial charge in [0.05, 0.1) is 28.0 Å². The number of rotatable bonds is 10. The zero-order valence-electron chi connectivity index (χ0n) is 25.4. The number of amides is 1. The van der Waals surface area contributed by atoms with Gasteiger partial charge >= 0.3 is 0 Å². The second kappa shape index (κ2) is 14.6. The van der Waals surface area contributed by atoms with Crippen LogP contribution in [0.5, 0.6) is 5.75 Å². The smallest absolute Gasteiger partial charge is 0.254 e. The fourth-order valence-electron chi connectivity index (χ4n) is 6.78. The van der Waals surface area contributed by atoms with Crippen molar-refractivity contribution in [2.75, 3.05) is 46.6 Å². The van der Waals surface area contributed by atoms with Crippen LogP contribution in [0.1, 0.15) is 76.6 Å². The number of nitrogens with zero attached hydrogens (tertiary/aromatic N) is 2. The first-order chi connectivity index (χ1) is 20.7. The molecule has 43 heavy (non-hydrogen) atoms. The summed E-state index contributed by atoms with van der Waals surface area (Å²) in [5.41, 5.74) is 5.50. The van der Waals surface area contributed by atoms with Crippen molar-refractivity contribution in [1.29, 1.82) is 0 Å². The number of likely N-dealkylation sites (N-methyl/N-ethyl adjacent to an activating group) is 1. The first kappa shape index (κ1) is 32.0. The van der Waals surface area contributed by atoms with E-state index in [2.05, 4.69) is 23.1 Å². The molecule has 0 N–H and O–H groups in total. The topological polar surface area (TPSA) is 49.9 Å². The van der Waals surface area contributed by atoms with Gasteiger partial charge < -0.3 is 14.5 Å². The highest BCUT2D eigenvalue weighted by atomic mass is 35.5. The number of benzene rings is 3. The van der Waals surface area contributed by atoms with Crippen LogP contribution in [0.15, 0.2) is 59.5 Å². The zero-order valence-corrected chi connectivity index (χ0v) is 27.7. The number of fused-ring (bicyclic) bond motifs is 1. The van der Waals surface area contributed by atoms with E-state index in [0.29, 0.717) is 22.5 Å². The maximum absolute atomic E-state index is 13.9. The molecular formula is C35H42Cl2N2O3S. The van der Waals surface area contributed by atoms with E-state index < -0.39 is 10.8 Å². The molecule has 5 rings (SSSR count). The molecule has 1 aliphatic carbocycles. The highest BCUT2D eigenvalue weighted by Crippen LogP contribution is 2.34. The van der Waals surface area contributed by atoms with Gasteiger partial charge in [0, 0.05) is 36.2 Å². The minimum atomic E-state index is -0.985. The fraction of sp³-hybridized carbons (Fsp3) is 0.457. The van der Waals surface area contributed by atoms with Crippen molar-refractivity contribution in [3.05, 3.63) is 92.5 Å². The van der Waals surface area contributed by atoms with Gasteiger partial charge in [-0.25, -0.2) is 0 Å². The van der Waals surface area contributed by atoms with Crippen molar-refractivity contribution >= 4 is 39.9 Å². The number of hydrogen-bond donors (Lipinski definition) is 0. The number of hydrogen-bond acceptors (Lipinski definition) is 4. The Kier molecular flexibility index (Phi) is 10.9. The van der Waals surface area contributed by atoms with E-state index in [1.54, 1.807) is 13.4 Å². The van der Waals surface area contributed by atoms with Gasteiger partial charge in [0.2, 0.25) is 0 Å². The van der Waals surface area contributed by atoms with Crippen LogP contribution in [0, 0.1) is 0 Å². The number of carbonyl (C=O) groups is 1. The Bertz CT molecular complexity index is 1470. The average molecular weight is 642 g/mol. The molecule has 0 saturated carbocycles. The molecular weight excluding hydrogens is 599 g/mol. The molecule has 1 heterocycles. The summed E-state index contributed by atoms with van der Waals surface area (Å²) in [6, 6.07) is 18.0. The number of halogens is 2. The molecule has 2 unspecified atom stereocenters. The number of carbonyl (C=O) groups excluding carboxylic acids is 1. The standard InChI is InChI=1S/C35H42Cl2N2O3S/c1-38(35(40)31-22-28(42-2)20-26-8-4-5-9-29(26)31)23-27(25-12-13-32(36)33(37)21-25)16-19-39-17-14-24(15-18-39)30-10-6-7-11-34(30)43(3)41/h6-7,10-13,20-22,24,27H,4-5,8-9,14-19,23H2,1-3H3. The molecule has 5 nitrogen and oxygen atoms in total. The fourth-order valence-corrected chi connectivity index (χ4v) is 7.92. The van der Waals surface area contributed by atoms with Crippen molar-refractivity contribution in [2.24, 2.45) is 0 Å². The van der Waals surface area contributed by atoms with Crippen LogP contribution in [-0.4, -0.2) is 66.5 Å². The van der Waals surface area contributed by atoms with Gasteiger partial charge in [-0.15, -0.1) is 0 Å². The Morgan fingerprint density at radius 3 is 2.51 bits per heavy atom. The Morgan fingerprint density at radius 1 is 1.05 bits per heavy atom. The van der Waals surface area contributed by atoms with E-state index in [0.717, 1.165) is 86.4 Å². The molecule has 8 heteroatoms. The van der Waals surface area contributed by atoms with Crippen molar-refractivity contribution in [2.45, 2.75) is 61.7 Å². The first-order valence-electron chi connectivity index (χ1n) is 15.3. The summed E-state index contributed by atoms with van der Waals surface area (Å²) in [6.45, 7) is 3.49. The summed E-state index contributed by atoms with van der Waals surface area (Å²) in [4.78, 5) is 19.3. The molecule has 0 bridgehead atoms. The lowest BCUT2D eigenvalue weighted by molar-refractivity contribution is 0.0780. The lowest BCUT2D eigenvalue weighted by Crippen LogP contribution is -2.36. The minimum absolute atomic E-state index is 0.0369. The highest BCUT2D eigenvalue weighted by Gasteiger charge is 2.27. The van der Waals surface area contributed by atoms with Crippen molar-refractivity contribution in [3.8, 4) is 5.75 Å². The van der Waals surface area contributed by atoms with Crippen LogP contribution >= 0.6 is 23.2 Å². The van der Waals surface area contributed by atoms with Gasteiger partial charge in [-0.05, 0) is 123 Å². The Morgan fingerprint density at radius 2 is 1.79 bits per heavy atom. The summed E-state index contributed by atoms with van der Waals surface area (Å²) < 4.78 is 17.9. The third kappa shape index (κ3) is 7.65. The number of aryl methyl sites for hydroxylation is 1. The zero-order chi connectivity index (χ0) is 30.5. The van der Waals surface area contributed by atoms with Crippen molar-refractivity contribution in [3.63, 3.8) is 0 Å². The Labute approximate surface area is 269 Å². The third-order valence-electron chi connectivity index (χ3n) is 9.21. The molecule has 2 atom stereocenters. The molecule has 1 aliphatic heterocycles. The third-order valence-corrected chi connectivity index (χ3v) is 10.9. The van der Waals surface area contributed by atoms with Crippen molar-refractivity contribution in [1.82, 2.24) is 9.80 Å². The van der Waals surface area contributed by atoms with Crippen LogP contribution in [0.4, 0.5) is 0 Å². The molecule has 1 fully saturated rings. The number of likely N-dealkylation sites (tertiary alicyclic amines) is 1. The van der Waals surface area contributed by atoms with Gasteiger partial charge in [0.15, 0.2) is 0 Å². The summed E-state index contributed by atoms with van der Waals surface area (Å²) in [6.07, 6.45) is 8.92. The summed E-state index contributed by atoms with van der Waals surface area (Å²) >= 11 is 12.7. The van der Waals surface area contributed by atoms with Gasteiger partial charge in [0.1, 0.15) is 5.75 Å². The monoisotopic (exact) mass is 640 g/mol. The lowest BCUT2D eigenvalue weighted by atomic mass is 9.87. The van der Waals surface area contributed by atoms with Gasteiger partial charge in [0.25, 0.3) is 5.91 Å². The summed E-state index contributed by atoms with van der Waals surface area (Å²) in [7, 11) is 2.58. The number of methoxy groups -OCH3 is 1. The molecule has 230 valence electrons. The van der Waals surface area contributed by atoms with Crippen LogP contribution in [0.25, 0.3) is 0 Å². The maximum Gasteiger partial charge on any atom is 0.254 e. The molecule has 0 aromatic heterocycles. The predicted molar refractivity (Wildman–Crippen MR) is 178 cm³/mol. The summed E-state index contributed by atoms with van der Waals surface area (Å²) in [5, 5.41) is 1.07. The molecule has 0 radical (unpaired) electrons. The normalized spacial score (nSPS) is 17.2. The van der Waals surface area contributed by atoms with E-state index in [4.69, 9.17) is 27.9 Å². The van der Waals surface area contributed by atoms with E-state index in [-0.39, 0.29) is 11.8 Å². The largest absolute Gasteiger partial charge is 0.497 e. The quantitative estimate of drug-likeness (QED) is 0.227. The van der Waals surface area contributed by atoms with Crippen LogP contribution in [0.2, 0.25) is 10.0 Å². The van der Waals surface area contributed by atoms with Crippen molar-refractivity contribution < 1.29 is 13.7 Å². The Balaban J connectivity index is 1.29. The van der Waals surface area contributed by atoms with E-state index >= 15 is 0 Å².